The van der Waals surface area contributed by atoms with Gasteiger partial charge in [-0.1, -0.05) is 23.2 Å². The third-order valence-electron chi connectivity index (χ3n) is 5.41. The number of thiocarbonyl (C=S) groups is 1. The monoisotopic (exact) mass is 517 g/mol. The quantitative estimate of drug-likeness (QED) is 0.286. The fourth-order valence-corrected chi connectivity index (χ4v) is 4.44. The number of carbonyl (C=O) groups excluding carboxylic acids is 2. The first-order valence-electron chi connectivity index (χ1n) is 10.0. The second kappa shape index (κ2) is 9.21. The van der Waals surface area contributed by atoms with Crippen LogP contribution < -0.4 is 15.0 Å². The molecule has 10 heteroatoms. The van der Waals surface area contributed by atoms with Gasteiger partial charge in [-0.05, 0) is 80.2 Å². The number of amides is 2. The zero-order valence-corrected chi connectivity index (χ0v) is 20.6. The fraction of sp³-hybridized carbons (Fsp3) is 0.125. The number of nitrogens with zero attached hydrogens (tertiary/aromatic N) is 2. The molecule has 0 bridgehead atoms. The van der Waals surface area contributed by atoms with Gasteiger partial charge in [-0.3, -0.25) is 19.8 Å². The molecule has 4 rings (SSSR count). The normalized spacial score (nSPS) is 15.2. The molecule has 0 atom stereocenters. The summed E-state index contributed by atoms with van der Waals surface area (Å²) in [5, 5.41) is 2.75. The van der Waals surface area contributed by atoms with Gasteiger partial charge in [-0.15, -0.1) is 0 Å². The predicted molar refractivity (Wildman–Crippen MR) is 134 cm³/mol. The zero-order chi connectivity index (χ0) is 24.7. The molecule has 3 aromatic rings. The average molecular weight is 518 g/mol. The van der Waals surface area contributed by atoms with Crippen LogP contribution in [0.25, 0.3) is 11.8 Å². The van der Waals surface area contributed by atoms with Gasteiger partial charge in [-0.2, -0.15) is 0 Å². The lowest BCUT2D eigenvalue weighted by Crippen LogP contribution is -2.54. The van der Waals surface area contributed by atoms with Gasteiger partial charge in [-0.25, -0.2) is 4.39 Å². The first kappa shape index (κ1) is 23.9. The van der Waals surface area contributed by atoms with Crippen molar-refractivity contribution in [2.45, 2.75) is 13.8 Å². The maximum atomic E-state index is 13.6. The number of hydrogen-bond donors (Lipinski definition) is 1. The summed E-state index contributed by atoms with van der Waals surface area (Å²) in [6, 6.07) is 10.9. The summed E-state index contributed by atoms with van der Waals surface area (Å²) < 4.78 is 21.0. The molecule has 1 aliphatic heterocycles. The highest BCUT2D eigenvalue weighted by atomic mass is 35.5. The molecular weight excluding hydrogens is 500 g/mol. The SMILES string of the molecule is COc1ccc(Cl)cc1-n1c(C)cc(/C=C2\C(=O)NC(=S)N(c3ccc(F)c(Cl)c3)C2=O)c1C. The molecule has 2 aromatic carbocycles. The first-order chi connectivity index (χ1) is 16.1. The third-order valence-corrected chi connectivity index (χ3v) is 6.22. The summed E-state index contributed by atoms with van der Waals surface area (Å²) in [5.74, 6) is -1.31. The largest absolute Gasteiger partial charge is 0.495 e. The maximum absolute atomic E-state index is 13.6. The number of carbonyl (C=O) groups is 2. The summed E-state index contributed by atoms with van der Waals surface area (Å²) in [6.07, 6.45) is 1.49. The average Bonchev–Trinajstić information content (AvgIpc) is 3.06. The molecule has 2 heterocycles. The number of aromatic nitrogens is 1. The van der Waals surface area contributed by atoms with E-state index in [0.29, 0.717) is 16.3 Å². The molecule has 1 N–H and O–H groups in total. The van der Waals surface area contributed by atoms with Crippen LogP contribution in [-0.2, 0) is 9.59 Å². The van der Waals surface area contributed by atoms with E-state index in [2.05, 4.69) is 5.32 Å². The zero-order valence-electron chi connectivity index (χ0n) is 18.3. The van der Waals surface area contributed by atoms with Crippen LogP contribution in [0.15, 0.2) is 48.0 Å². The molecule has 174 valence electrons. The van der Waals surface area contributed by atoms with Gasteiger partial charge in [0.05, 0.1) is 23.5 Å². The van der Waals surface area contributed by atoms with E-state index in [1.165, 1.54) is 18.2 Å². The number of nitrogens with one attached hydrogen (secondary N) is 1. The van der Waals surface area contributed by atoms with Crippen LogP contribution in [0.3, 0.4) is 0 Å². The summed E-state index contributed by atoms with van der Waals surface area (Å²) in [7, 11) is 1.56. The van der Waals surface area contributed by atoms with Crippen molar-refractivity contribution in [3.8, 4) is 11.4 Å². The van der Waals surface area contributed by atoms with Crippen LogP contribution in [0.4, 0.5) is 10.1 Å². The van der Waals surface area contributed by atoms with Crippen LogP contribution in [0.1, 0.15) is 17.0 Å². The Morgan fingerprint density at radius 1 is 1.09 bits per heavy atom. The molecule has 0 unspecified atom stereocenters. The standard InChI is InChI=1S/C24H18Cl2FN3O3S/c1-12-8-14(13(2)29(12)20-10-15(25)4-7-21(20)33-3)9-17-22(31)28-24(34)30(23(17)32)16-5-6-19(27)18(26)11-16/h4-11H,1-3H3,(H,28,31,34)/b17-9+. The molecule has 0 saturated carbocycles. The number of benzene rings is 2. The van der Waals surface area contributed by atoms with Gasteiger partial charge in [0, 0.05) is 16.4 Å². The summed E-state index contributed by atoms with van der Waals surface area (Å²) in [5.41, 5.74) is 3.07. The van der Waals surface area contributed by atoms with Crippen LogP contribution in [0, 0.1) is 19.7 Å². The number of ether oxygens (including phenoxy) is 1. The van der Waals surface area contributed by atoms with Crippen LogP contribution in [0.2, 0.25) is 10.0 Å². The van der Waals surface area contributed by atoms with Gasteiger partial charge >= 0.3 is 0 Å². The highest BCUT2D eigenvalue weighted by Gasteiger charge is 2.35. The Kier molecular flexibility index (Phi) is 6.49. The van der Waals surface area contributed by atoms with E-state index in [9.17, 15) is 14.0 Å². The second-order valence-electron chi connectivity index (χ2n) is 7.53. The maximum Gasteiger partial charge on any atom is 0.270 e. The Bertz CT molecular complexity index is 1400. The highest BCUT2D eigenvalue weighted by molar-refractivity contribution is 7.80. The topological polar surface area (TPSA) is 63.6 Å². The molecule has 34 heavy (non-hydrogen) atoms. The van der Waals surface area contributed by atoms with E-state index in [4.69, 9.17) is 40.2 Å². The summed E-state index contributed by atoms with van der Waals surface area (Å²) in [4.78, 5) is 27.1. The van der Waals surface area contributed by atoms with Gasteiger partial charge in [0.15, 0.2) is 5.11 Å². The van der Waals surface area contributed by atoms with E-state index in [-0.39, 0.29) is 21.4 Å². The third kappa shape index (κ3) is 4.20. The van der Waals surface area contributed by atoms with Crippen molar-refractivity contribution in [1.29, 1.82) is 0 Å². The van der Waals surface area contributed by atoms with Gasteiger partial charge in [0.2, 0.25) is 0 Å². The lowest BCUT2D eigenvalue weighted by Gasteiger charge is -2.29. The lowest BCUT2D eigenvalue weighted by molar-refractivity contribution is -0.122. The van der Waals surface area contributed by atoms with E-state index in [0.717, 1.165) is 28.0 Å². The Morgan fingerprint density at radius 3 is 2.50 bits per heavy atom. The Hall–Kier alpha value is -3.20. The van der Waals surface area contributed by atoms with Crippen LogP contribution >= 0.6 is 35.4 Å². The highest BCUT2D eigenvalue weighted by Crippen LogP contribution is 2.32. The van der Waals surface area contributed by atoms with E-state index in [1.807, 2.05) is 24.5 Å². The number of anilines is 1. The number of halogens is 3. The van der Waals surface area contributed by atoms with Crippen molar-refractivity contribution in [2.24, 2.45) is 0 Å². The molecule has 1 fully saturated rings. The van der Waals surface area contributed by atoms with Crippen molar-refractivity contribution in [3.63, 3.8) is 0 Å². The minimum atomic E-state index is -0.651. The second-order valence-corrected chi connectivity index (χ2v) is 8.76. The molecule has 0 spiro atoms. The number of rotatable bonds is 4. The van der Waals surface area contributed by atoms with Crippen molar-refractivity contribution in [3.05, 3.63) is 80.9 Å². The van der Waals surface area contributed by atoms with Crippen molar-refractivity contribution < 1.29 is 18.7 Å². The minimum Gasteiger partial charge on any atom is -0.495 e. The molecule has 1 saturated heterocycles. The van der Waals surface area contributed by atoms with Crippen LogP contribution in [0.5, 0.6) is 5.75 Å². The lowest BCUT2D eigenvalue weighted by atomic mass is 10.1. The molecular formula is C24H18Cl2FN3O3S. The molecule has 2 amide bonds. The number of hydrogen-bond acceptors (Lipinski definition) is 4. The number of aryl methyl sites for hydroxylation is 1. The van der Waals surface area contributed by atoms with Crippen molar-refractivity contribution in [1.82, 2.24) is 9.88 Å². The Balaban J connectivity index is 1.80. The van der Waals surface area contributed by atoms with Crippen molar-refractivity contribution in [2.75, 3.05) is 12.0 Å². The Morgan fingerprint density at radius 2 is 1.82 bits per heavy atom. The summed E-state index contributed by atoms with van der Waals surface area (Å²) >= 11 is 17.3. The fourth-order valence-electron chi connectivity index (χ4n) is 3.81. The first-order valence-corrected chi connectivity index (χ1v) is 11.2. The smallest absolute Gasteiger partial charge is 0.270 e. The molecule has 1 aromatic heterocycles. The number of methoxy groups -OCH3 is 1. The molecule has 0 aliphatic carbocycles. The van der Waals surface area contributed by atoms with Gasteiger partial charge in [0.1, 0.15) is 17.1 Å². The molecule has 6 nitrogen and oxygen atoms in total. The van der Waals surface area contributed by atoms with Gasteiger partial charge in [0.25, 0.3) is 11.8 Å². The van der Waals surface area contributed by atoms with Gasteiger partial charge < -0.3 is 9.30 Å². The summed E-state index contributed by atoms with van der Waals surface area (Å²) in [6.45, 7) is 3.74. The van der Waals surface area contributed by atoms with Crippen LogP contribution in [-0.4, -0.2) is 28.6 Å². The molecule has 1 aliphatic rings. The predicted octanol–water partition coefficient (Wildman–Crippen LogP) is 5.38. The van der Waals surface area contributed by atoms with E-state index < -0.39 is 17.6 Å². The van der Waals surface area contributed by atoms with Crippen molar-refractivity contribution >= 4 is 64.1 Å². The minimum absolute atomic E-state index is 0.121. The molecule has 0 radical (unpaired) electrons. The van der Waals surface area contributed by atoms with E-state index >= 15 is 0 Å². The Labute approximate surface area is 210 Å². The van der Waals surface area contributed by atoms with E-state index in [1.54, 1.807) is 25.3 Å².